The van der Waals surface area contributed by atoms with E-state index in [4.69, 9.17) is 0 Å². The molecule has 1 saturated heterocycles. The maximum absolute atomic E-state index is 13.1. The molecule has 2 heterocycles. The van der Waals surface area contributed by atoms with Crippen LogP contribution in [0.1, 0.15) is 30.1 Å². The number of halogens is 1. The molecule has 1 aromatic heterocycles. The number of pyridine rings is 1. The Morgan fingerprint density at radius 1 is 1.61 bits per heavy atom. The van der Waals surface area contributed by atoms with Crippen molar-refractivity contribution in [3.63, 3.8) is 0 Å². The molecule has 2 rings (SSSR count). The lowest BCUT2D eigenvalue weighted by molar-refractivity contribution is 0.0750. The molecule has 1 unspecified atom stereocenters. The van der Waals surface area contributed by atoms with Gasteiger partial charge in [-0.3, -0.25) is 9.78 Å². The van der Waals surface area contributed by atoms with E-state index in [0.29, 0.717) is 24.7 Å². The van der Waals surface area contributed by atoms with Gasteiger partial charge in [-0.15, -0.1) is 0 Å². The van der Waals surface area contributed by atoms with Crippen molar-refractivity contribution in [3.05, 3.63) is 29.8 Å². The molecule has 1 aliphatic heterocycles. The monoisotopic (exact) mass is 251 g/mol. The fourth-order valence-corrected chi connectivity index (χ4v) is 2.25. The van der Waals surface area contributed by atoms with Gasteiger partial charge in [0.15, 0.2) is 0 Å². The zero-order valence-electron chi connectivity index (χ0n) is 10.5. The normalized spacial score (nSPS) is 18.9. The number of hydrogen-bond acceptors (Lipinski definition) is 3. The van der Waals surface area contributed by atoms with Gasteiger partial charge < -0.3 is 10.2 Å². The van der Waals surface area contributed by atoms with E-state index in [-0.39, 0.29) is 5.91 Å². The molecule has 18 heavy (non-hydrogen) atoms. The molecule has 1 N–H and O–H groups in total. The number of carbonyl (C=O) groups is 1. The lowest BCUT2D eigenvalue weighted by Crippen LogP contribution is -2.41. The van der Waals surface area contributed by atoms with Gasteiger partial charge in [0.1, 0.15) is 5.82 Å². The molecular formula is C13H18FN3O. The zero-order valence-corrected chi connectivity index (χ0v) is 10.5. The predicted octanol–water partition coefficient (Wildman–Crippen LogP) is 1.43. The van der Waals surface area contributed by atoms with Crippen LogP contribution in [0.15, 0.2) is 18.5 Å². The van der Waals surface area contributed by atoms with E-state index >= 15 is 0 Å². The second-order valence-corrected chi connectivity index (χ2v) is 4.53. The third-order valence-electron chi connectivity index (χ3n) is 3.22. The van der Waals surface area contributed by atoms with Crippen LogP contribution < -0.4 is 5.32 Å². The van der Waals surface area contributed by atoms with Gasteiger partial charge in [-0.1, -0.05) is 0 Å². The van der Waals surface area contributed by atoms with Gasteiger partial charge in [0.25, 0.3) is 5.91 Å². The first-order valence-electron chi connectivity index (χ1n) is 6.34. The quantitative estimate of drug-likeness (QED) is 0.880. The summed E-state index contributed by atoms with van der Waals surface area (Å²) < 4.78 is 13.1. The first kappa shape index (κ1) is 13.0. The molecule has 1 aromatic rings. The molecule has 0 aliphatic carbocycles. The smallest absolute Gasteiger partial charge is 0.255 e. The molecule has 1 atom stereocenters. The van der Waals surface area contributed by atoms with Crippen molar-refractivity contribution < 1.29 is 9.18 Å². The molecule has 98 valence electrons. The highest BCUT2D eigenvalue weighted by atomic mass is 19.1. The number of likely N-dealkylation sites (N-methyl/N-ethyl adjacent to an activating group) is 1. The van der Waals surface area contributed by atoms with E-state index in [1.165, 1.54) is 12.3 Å². The van der Waals surface area contributed by atoms with Crippen LogP contribution in [0.3, 0.4) is 0 Å². The summed E-state index contributed by atoms with van der Waals surface area (Å²) in [7, 11) is 0. The Morgan fingerprint density at radius 3 is 3.06 bits per heavy atom. The first-order chi connectivity index (χ1) is 8.70. The Kier molecular flexibility index (Phi) is 4.25. The van der Waals surface area contributed by atoms with Crippen LogP contribution in [0.25, 0.3) is 0 Å². The van der Waals surface area contributed by atoms with Crippen molar-refractivity contribution in [2.24, 2.45) is 0 Å². The van der Waals surface area contributed by atoms with Crippen molar-refractivity contribution >= 4 is 5.91 Å². The average Bonchev–Trinajstić information content (AvgIpc) is 2.88. The average molecular weight is 251 g/mol. The van der Waals surface area contributed by atoms with Gasteiger partial charge in [0.2, 0.25) is 0 Å². The van der Waals surface area contributed by atoms with Gasteiger partial charge in [0, 0.05) is 25.3 Å². The van der Waals surface area contributed by atoms with Crippen LogP contribution in [-0.4, -0.2) is 41.5 Å². The van der Waals surface area contributed by atoms with Crippen molar-refractivity contribution in [1.82, 2.24) is 15.2 Å². The molecular weight excluding hydrogens is 233 g/mol. The standard InChI is InChI=1S/C13H18FN3O/c1-2-17(9-12-4-3-5-16-12)13(18)10-6-11(14)8-15-7-10/h6-8,12,16H,2-5,9H2,1H3. The van der Waals surface area contributed by atoms with Crippen LogP contribution >= 0.6 is 0 Å². The maximum Gasteiger partial charge on any atom is 0.255 e. The summed E-state index contributed by atoms with van der Waals surface area (Å²) >= 11 is 0. The molecule has 0 radical (unpaired) electrons. The molecule has 1 fully saturated rings. The zero-order chi connectivity index (χ0) is 13.0. The minimum atomic E-state index is -0.476. The van der Waals surface area contributed by atoms with Crippen LogP contribution in [0.5, 0.6) is 0 Å². The third-order valence-corrected chi connectivity index (χ3v) is 3.22. The van der Waals surface area contributed by atoms with Crippen LogP contribution in [0.2, 0.25) is 0 Å². The summed E-state index contributed by atoms with van der Waals surface area (Å²) in [5.74, 6) is -0.630. The summed E-state index contributed by atoms with van der Waals surface area (Å²) in [5.41, 5.74) is 0.315. The SMILES string of the molecule is CCN(CC1CCCN1)C(=O)c1cncc(F)c1. The summed E-state index contributed by atoms with van der Waals surface area (Å²) in [6, 6.07) is 1.59. The van der Waals surface area contributed by atoms with E-state index in [9.17, 15) is 9.18 Å². The molecule has 0 bridgehead atoms. The predicted molar refractivity (Wildman–Crippen MR) is 66.8 cm³/mol. The molecule has 0 spiro atoms. The van der Waals surface area contributed by atoms with E-state index in [1.54, 1.807) is 4.90 Å². The lowest BCUT2D eigenvalue weighted by atomic mass is 10.2. The number of hydrogen-bond donors (Lipinski definition) is 1. The molecule has 1 aliphatic rings. The van der Waals surface area contributed by atoms with Crippen molar-refractivity contribution in [2.45, 2.75) is 25.8 Å². The van der Waals surface area contributed by atoms with Crippen LogP contribution in [0, 0.1) is 5.82 Å². The molecule has 4 nitrogen and oxygen atoms in total. The first-order valence-corrected chi connectivity index (χ1v) is 6.34. The summed E-state index contributed by atoms with van der Waals surface area (Å²) in [6.45, 7) is 4.23. The Labute approximate surface area is 106 Å². The second-order valence-electron chi connectivity index (χ2n) is 4.53. The summed E-state index contributed by atoms with van der Waals surface area (Å²) in [5, 5.41) is 3.36. The van der Waals surface area contributed by atoms with E-state index in [1.807, 2.05) is 6.92 Å². The van der Waals surface area contributed by atoms with Crippen molar-refractivity contribution in [3.8, 4) is 0 Å². The largest absolute Gasteiger partial charge is 0.337 e. The minimum Gasteiger partial charge on any atom is -0.337 e. The van der Waals surface area contributed by atoms with Gasteiger partial charge in [-0.05, 0) is 32.4 Å². The Hall–Kier alpha value is -1.49. The van der Waals surface area contributed by atoms with Gasteiger partial charge in [0.05, 0.1) is 11.8 Å². The number of nitrogens with one attached hydrogen (secondary N) is 1. The topological polar surface area (TPSA) is 45.2 Å². The highest BCUT2D eigenvalue weighted by Gasteiger charge is 2.21. The van der Waals surface area contributed by atoms with Gasteiger partial charge in [-0.25, -0.2) is 4.39 Å². The summed E-state index contributed by atoms with van der Waals surface area (Å²) in [4.78, 5) is 17.7. The number of carbonyl (C=O) groups excluding carboxylic acids is 1. The van der Waals surface area contributed by atoms with Crippen LogP contribution in [0.4, 0.5) is 4.39 Å². The number of rotatable bonds is 4. The van der Waals surface area contributed by atoms with E-state index in [2.05, 4.69) is 10.3 Å². The third kappa shape index (κ3) is 3.04. The highest BCUT2D eigenvalue weighted by molar-refractivity contribution is 5.93. The molecule has 0 aromatic carbocycles. The second kappa shape index (κ2) is 5.91. The van der Waals surface area contributed by atoms with E-state index in [0.717, 1.165) is 25.6 Å². The fraction of sp³-hybridized carbons (Fsp3) is 0.538. The Bertz CT molecular complexity index is 418. The Balaban J connectivity index is 2.04. The number of aromatic nitrogens is 1. The Morgan fingerprint density at radius 2 is 2.44 bits per heavy atom. The van der Waals surface area contributed by atoms with E-state index < -0.39 is 5.82 Å². The van der Waals surface area contributed by atoms with Gasteiger partial charge in [-0.2, -0.15) is 0 Å². The summed E-state index contributed by atoms with van der Waals surface area (Å²) in [6.07, 6.45) is 4.75. The minimum absolute atomic E-state index is 0.154. The van der Waals surface area contributed by atoms with Crippen LogP contribution in [-0.2, 0) is 0 Å². The number of nitrogens with zero attached hydrogens (tertiary/aromatic N) is 2. The van der Waals surface area contributed by atoms with Gasteiger partial charge >= 0.3 is 0 Å². The van der Waals surface area contributed by atoms with Crippen molar-refractivity contribution in [2.75, 3.05) is 19.6 Å². The fourth-order valence-electron chi connectivity index (χ4n) is 2.25. The molecule has 1 amide bonds. The lowest BCUT2D eigenvalue weighted by Gasteiger charge is -2.24. The number of amides is 1. The maximum atomic E-state index is 13.1. The molecule has 5 heteroatoms. The highest BCUT2D eigenvalue weighted by Crippen LogP contribution is 2.10. The molecule has 0 saturated carbocycles. The van der Waals surface area contributed by atoms with Crippen molar-refractivity contribution in [1.29, 1.82) is 0 Å².